The second-order valence-corrected chi connectivity index (χ2v) is 16.6. The maximum atomic E-state index is 14.7. The number of halogens is 2. The number of rotatable bonds is 18. The summed E-state index contributed by atoms with van der Waals surface area (Å²) in [5.41, 5.74) is 3.54. The van der Waals surface area contributed by atoms with Crippen molar-refractivity contribution >= 4 is 11.8 Å². The largest absolute Gasteiger partial charge is 0.492 e. The van der Waals surface area contributed by atoms with Crippen LogP contribution in [-0.4, -0.2) is 154 Å². The Labute approximate surface area is 395 Å². The number of amides is 2. The zero-order valence-corrected chi connectivity index (χ0v) is 38.6. The Morgan fingerprint density at radius 1 is 0.574 bits per heavy atom. The van der Waals surface area contributed by atoms with Gasteiger partial charge in [0.1, 0.15) is 42.2 Å². The molecule has 356 valence electrons. The van der Waals surface area contributed by atoms with E-state index in [-0.39, 0.29) is 43.6 Å². The topological polar surface area (TPSA) is 167 Å². The molecular weight excluding hydrogens is 871 g/mol. The molecule has 0 spiro atoms. The number of benzene rings is 2. The average Bonchev–Trinajstić information content (AvgIpc) is 3.35. The lowest BCUT2D eigenvalue weighted by molar-refractivity contribution is -0.121. The minimum Gasteiger partial charge on any atom is -0.492 e. The van der Waals surface area contributed by atoms with Gasteiger partial charge in [0, 0.05) is 126 Å². The van der Waals surface area contributed by atoms with Crippen molar-refractivity contribution in [2.45, 2.75) is 25.9 Å². The zero-order valence-electron chi connectivity index (χ0n) is 38.6. The second kappa shape index (κ2) is 25.3. The molecule has 0 bridgehead atoms. The fourth-order valence-electron chi connectivity index (χ4n) is 7.40. The van der Waals surface area contributed by atoms with E-state index in [1.165, 1.54) is 18.3 Å². The van der Waals surface area contributed by atoms with E-state index in [0.717, 1.165) is 76.6 Å². The number of likely N-dealkylation sites (N-methyl/N-ethyl adjacent to an activating group) is 2. The van der Waals surface area contributed by atoms with Gasteiger partial charge in [-0.3, -0.25) is 24.4 Å². The van der Waals surface area contributed by atoms with Gasteiger partial charge >= 0.3 is 0 Å². The van der Waals surface area contributed by atoms with Gasteiger partial charge in [-0.25, -0.2) is 33.7 Å². The second-order valence-electron chi connectivity index (χ2n) is 16.6. The van der Waals surface area contributed by atoms with E-state index in [9.17, 15) is 18.4 Å². The van der Waals surface area contributed by atoms with Crippen LogP contribution in [0.15, 0.2) is 110 Å². The van der Waals surface area contributed by atoms with Gasteiger partial charge < -0.3 is 29.9 Å². The van der Waals surface area contributed by atoms with E-state index in [0.29, 0.717) is 53.0 Å². The van der Waals surface area contributed by atoms with E-state index in [4.69, 9.17) is 9.47 Å². The van der Waals surface area contributed by atoms with Crippen molar-refractivity contribution in [3.8, 4) is 34.0 Å². The SMILES string of the molecule is CN1CCN(CCOc2cc(F)c(-c3ccc(CC(=O)NCc4ncccn4)cc3)cn2)CC1.CN1CCN(CCOc2ccc(-c3ccc(CC(=O)NCc4ncccn4)cn3)c(F)c2)CC1. The van der Waals surface area contributed by atoms with E-state index < -0.39 is 11.6 Å². The molecule has 0 radical (unpaired) electrons. The summed E-state index contributed by atoms with van der Waals surface area (Å²) in [5, 5.41) is 5.57. The Hall–Kier alpha value is -6.86. The first-order chi connectivity index (χ1) is 33.1. The molecule has 2 amide bonds. The molecule has 0 aliphatic carbocycles. The van der Waals surface area contributed by atoms with E-state index in [2.05, 4.69) is 74.2 Å². The Morgan fingerprint density at radius 2 is 1.10 bits per heavy atom. The quantitative estimate of drug-likeness (QED) is 0.125. The zero-order chi connectivity index (χ0) is 47.5. The highest BCUT2D eigenvalue weighted by atomic mass is 19.1. The molecule has 6 heterocycles. The molecule has 2 N–H and O–H groups in total. The number of carbonyl (C=O) groups is 2. The fraction of sp³-hybridized carbons (Fsp3) is 0.360. The Morgan fingerprint density at radius 3 is 1.63 bits per heavy atom. The van der Waals surface area contributed by atoms with Crippen LogP contribution >= 0.6 is 0 Å². The van der Waals surface area contributed by atoms with Crippen LogP contribution in [0.25, 0.3) is 22.4 Å². The lowest BCUT2D eigenvalue weighted by atomic mass is 10.0. The summed E-state index contributed by atoms with van der Waals surface area (Å²) in [6.07, 6.45) is 9.99. The molecule has 16 nitrogen and oxygen atoms in total. The highest BCUT2D eigenvalue weighted by Crippen LogP contribution is 2.26. The van der Waals surface area contributed by atoms with Gasteiger partial charge in [-0.2, -0.15) is 0 Å². The summed E-state index contributed by atoms with van der Waals surface area (Å²) in [6, 6.07) is 20.3. The monoisotopic (exact) mass is 928 g/mol. The molecule has 18 heteroatoms. The molecule has 8 rings (SSSR count). The molecule has 2 aromatic carbocycles. The van der Waals surface area contributed by atoms with E-state index >= 15 is 0 Å². The van der Waals surface area contributed by atoms with Crippen molar-refractivity contribution in [2.75, 3.05) is 92.8 Å². The van der Waals surface area contributed by atoms with Gasteiger partial charge in [0.05, 0.1) is 31.6 Å². The molecule has 68 heavy (non-hydrogen) atoms. The molecule has 0 unspecified atom stereocenters. The van der Waals surface area contributed by atoms with Crippen LogP contribution in [0, 0.1) is 11.6 Å². The van der Waals surface area contributed by atoms with Crippen LogP contribution < -0.4 is 20.1 Å². The van der Waals surface area contributed by atoms with Crippen LogP contribution in [-0.2, 0) is 35.5 Å². The van der Waals surface area contributed by atoms with Crippen molar-refractivity contribution in [1.82, 2.24) is 60.1 Å². The number of hydrogen-bond acceptors (Lipinski definition) is 14. The summed E-state index contributed by atoms with van der Waals surface area (Å²) in [5.74, 6) is 0.817. The summed E-state index contributed by atoms with van der Waals surface area (Å²) in [4.78, 5) is 58.5. The highest BCUT2D eigenvalue weighted by Gasteiger charge is 2.16. The molecule has 2 aliphatic rings. The molecule has 2 saturated heterocycles. The number of ether oxygens (including phenoxy) is 2. The average molecular weight is 929 g/mol. The third-order valence-electron chi connectivity index (χ3n) is 11.5. The first kappa shape index (κ1) is 49.1. The number of pyridine rings is 2. The fourth-order valence-corrected chi connectivity index (χ4v) is 7.40. The smallest absolute Gasteiger partial charge is 0.224 e. The van der Waals surface area contributed by atoms with Gasteiger partial charge in [0.15, 0.2) is 0 Å². The third kappa shape index (κ3) is 15.6. The van der Waals surface area contributed by atoms with E-state index in [1.807, 2.05) is 12.1 Å². The van der Waals surface area contributed by atoms with Gasteiger partial charge in [-0.15, -0.1) is 0 Å². The van der Waals surface area contributed by atoms with Crippen LogP contribution in [0.1, 0.15) is 22.8 Å². The lowest BCUT2D eigenvalue weighted by Gasteiger charge is -2.32. The number of nitrogens with one attached hydrogen (secondary N) is 2. The highest BCUT2D eigenvalue weighted by molar-refractivity contribution is 5.79. The molecule has 4 aromatic heterocycles. The summed E-state index contributed by atoms with van der Waals surface area (Å²) < 4.78 is 40.9. The van der Waals surface area contributed by atoms with Crippen molar-refractivity contribution in [2.24, 2.45) is 0 Å². The summed E-state index contributed by atoms with van der Waals surface area (Å²) in [7, 11) is 4.25. The van der Waals surface area contributed by atoms with Crippen LogP contribution in [0.5, 0.6) is 11.6 Å². The van der Waals surface area contributed by atoms with Crippen molar-refractivity contribution < 1.29 is 27.8 Å². The van der Waals surface area contributed by atoms with Crippen LogP contribution in [0.2, 0.25) is 0 Å². The van der Waals surface area contributed by atoms with Gasteiger partial charge in [0.2, 0.25) is 17.7 Å². The summed E-state index contributed by atoms with van der Waals surface area (Å²) >= 11 is 0. The Kier molecular flexibility index (Phi) is 18.3. The predicted molar refractivity (Wildman–Crippen MR) is 253 cm³/mol. The number of piperazine rings is 2. The Bertz CT molecular complexity index is 2320. The number of nitrogens with zero attached hydrogens (tertiary/aromatic N) is 10. The molecule has 6 aromatic rings. The maximum Gasteiger partial charge on any atom is 0.224 e. The Balaban J connectivity index is 0.000000201. The normalized spacial score (nSPS) is 14.6. The van der Waals surface area contributed by atoms with Gasteiger partial charge in [-0.05, 0) is 61.1 Å². The maximum absolute atomic E-state index is 14.7. The minimum absolute atomic E-state index is 0.133. The van der Waals surface area contributed by atoms with Gasteiger partial charge in [-0.1, -0.05) is 30.3 Å². The van der Waals surface area contributed by atoms with Crippen molar-refractivity contribution in [1.29, 1.82) is 0 Å². The minimum atomic E-state index is -0.391. The molecule has 2 fully saturated rings. The predicted octanol–water partition coefficient (Wildman–Crippen LogP) is 4.33. The number of aromatic nitrogens is 6. The third-order valence-corrected chi connectivity index (χ3v) is 11.5. The van der Waals surface area contributed by atoms with Crippen LogP contribution in [0.3, 0.4) is 0 Å². The number of carbonyl (C=O) groups excluding carboxylic acids is 2. The summed E-state index contributed by atoms with van der Waals surface area (Å²) in [6.45, 7) is 11.5. The van der Waals surface area contributed by atoms with Crippen molar-refractivity contribution in [3.05, 3.63) is 144 Å². The standard InChI is InChI=1S/2C25H29FN6O2/c1-31-9-11-32(12-10-31)13-14-34-20-4-5-21(22(26)16-20)23-6-3-19(17-29-23)15-25(33)30-18-24-27-7-2-8-28-24;1-31-9-11-32(12-10-31)13-14-34-25-16-22(26)21(17-30-25)20-5-3-19(4-6-20)15-24(33)29-18-23-27-7-2-8-28-23/h2-8,16-17H,9-15,18H2,1H3,(H,30,33);2-8,16-17H,9-15,18H2,1H3,(H,29,33). The first-order valence-corrected chi connectivity index (χ1v) is 22.8. The molecule has 0 saturated carbocycles. The molecule has 0 atom stereocenters. The molecular formula is C50H58F2N12O4. The van der Waals surface area contributed by atoms with Crippen molar-refractivity contribution in [3.63, 3.8) is 0 Å². The number of hydrogen-bond donors (Lipinski definition) is 2. The lowest BCUT2D eigenvalue weighted by Crippen LogP contribution is -2.45. The van der Waals surface area contributed by atoms with E-state index in [1.54, 1.807) is 79.5 Å². The first-order valence-electron chi connectivity index (χ1n) is 22.8. The molecule has 2 aliphatic heterocycles. The van der Waals surface area contributed by atoms with Crippen LogP contribution in [0.4, 0.5) is 8.78 Å². The van der Waals surface area contributed by atoms with Gasteiger partial charge in [0.25, 0.3) is 0 Å².